The first kappa shape index (κ1) is 15.8. The van der Waals surface area contributed by atoms with Crippen LogP contribution in [0, 0.1) is 18.3 Å². The molecule has 114 valence electrons. The number of aryl methyl sites for hydroxylation is 1. The Morgan fingerprint density at radius 3 is 2.36 bits per heavy atom. The summed E-state index contributed by atoms with van der Waals surface area (Å²) in [4.78, 5) is 0. The summed E-state index contributed by atoms with van der Waals surface area (Å²) in [5.41, 5.74) is -0.625. The number of benzene rings is 2. The molecule has 22 heavy (non-hydrogen) atoms. The lowest BCUT2D eigenvalue weighted by molar-refractivity contribution is 0.0928. The van der Waals surface area contributed by atoms with Gasteiger partial charge in [0.2, 0.25) is 5.54 Å². The molecule has 1 atom stereocenters. The summed E-state index contributed by atoms with van der Waals surface area (Å²) in [7, 11) is 1.52. The highest BCUT2D eigenvalue weighted by Gasteiger charge is 2.42. The van der Waals surface area contributed by atoms with Gasteiger partial charge in [-0.2, -0.15) is 5.26 Å². The number of hydrogen-bond acceptors (Lipinski definition) is 3. The molecule has 0 heterocycles. The molecular formula is C17H16F2N2O. The first-order valence-electron chi connectivity index (χ1n) is 6.70. The van der Waals surface area contributed by atoms with Gasteiger partial charge in [0.05, 0.1) is 7.11 Å². The summed E-state index contributed by atoms with van der Waals surface area (Å²) >= 11 is 0. The average molecular weight is 302 g/mol. The van der Waals surface area contributed by atoms with Crippen LogP contribution in [0.5, 0.6) is 5.75 Å². The fourth-order valence-electron chi connectivity index (χ4n) is 2.19. The van der Waals surface area contributed by atoms with Crippen LogP contribution in [0.15, 0.2) is 48.5 Å². The highest BCUT2D eigenvalue weighted by atomic mass is 19.3. The molecule has 2 aromatic rings. The molecule has 0 bridgehead atoms. The Labute approximate surface area is 128 Å². The van der Waals surface area contributed by atoms with Crippen molar-refractivity contribution in [2.24, 2.45) is 0 Å². The Kier molecular flexibility index (Phi) is 4.62. The number of ether oxygens (including phenoxy) is 1. The molecular weight excluding hydrogens is 286 g/mol. The maximum atomic E-state index is 13.7. The maximum absolute atomic E-state index is 13.7. The van der Waals surface area contributed by atoms with E-state index in [0.717, 1.165) is 5.56 Å². The van der Waals surface area contributed by atoms with Crippen molar-refractivity contribution in [3.63, 3.8) is 0 Å². The van der Waals surface area contributed by atoms with E-state index in [1.807, 2.05) is 0 Å². The zero-order valence-corrected chi connectivity index (χ0v) is 12.3. The van der Waals surface area contributed by atoms with E-state index in [1.54, 1.807) is 55.5 Å². The number of methoxy groups -OCH3 is 1. The summed E-state index contributed by atoms with van der Waals surface area (Å²) in [6.07, 6.45) is -2.89. The summed E-state index contributed by atoms with van der Waals surface area (Å²) in [6, 6.07) is 14.8. The Hall–Kier alpha value is -2.61. The second-order valence-corrected chi connectivity index (χ2v) is 4.94. The van der Waals surface area contributed by atoms with Gasteiger partial charge in [0.15, 0.2) is 0 Å². The third-order valence-corrected chi connectivity index (χ3v) is 3.41. The SMILES string of the molecule is COc1ccc(NC(C#N)(c2cccc(C)c2)C(F)F)cc1. The van der Waals surface area contributed by atoms with Crippen LogP contribution in [0.3, 0.4) is 0 Å². The summed E-state index contributed by atoms with van der Waals surface area (Å²) in [5.74, 6) is 0.612. The molecule has 0 amide bonds. The molecule has 3 nitrogen and oxygen atoms in total. The van der Waals surface area contributed by atoms with E-state index >= 15 is 0 Å². The van der Waals surface area contributed by atoms with Gasteiger partial charge in [-0.25, -0.2) is 8.78 Å². The van der Waals surface area contributed by atoms with Gasteiger partial charge >= 0.3 is 0 Å². The molecule has 0 aliphatic heterocycles. The van der Waals surface area contributed by atoms with Gasteiger partial charge in [-0.3, -0.25) is 0 Å². The summed E-state index contributed by atoms with van der Waals surface area (Å²) in [5, 5.41) is 12.1. The van der Waals surface area contributed by atoms with Crippen molar-refractivity contribution in [3.8, 4) is 11.8 Å². The third kappa shape index (κ3) is 3.01. The molecule has 0 spiro atoms. The zero-order chi connectivity index (χ0) is 16.2. The lowest BCUT2D eigenvalue weighted by Gasteiger charge is -2.29. The zero-order valence-electron chi connectivity index (χ0n) is 12.3. The highest BCUT2D eigenvalue weighted by Crippen LogP contribution is 2.33. The fourth-order valence-corrected chi connectivity index (χ4v) is 2.19. The van der Waals surface area contributed by atoms with Crippen LogP contribution in [0.1, 0.15) is 11.1 Å². The van der Waals surface area contributed by atoms with Crippen molar-refractivity contribution >= 4 is 5.69 Å². The lowest BCUT2D eigenvalue weighted by atomic mass is 9.90. The van der Waals surface area contributed by atoms with E-state index in [4.69, 9.17) is 4.74 Å². The molecule has 0 aliphatic rings. The Bertz CT molecular complexity index is 680. The Morgan fingerprint density at radius 2 is 1.86 bits per heavy atom. The predicted octanol–water partition coefficient (Wildman–Crippen LogP) is 4.10. The average Bonchev–Trinajstić information content (AvgIpc) is 2.53. The molecule has 0 radical (unpaired) electrons. The van der Waals surface area contributed by atoms with Crippen LogP contribution in [0.2, 0.25) is 0 Å². The van der Waals surface area contributed by atoms with E-state index in [9.17, 15) is 14.0 Å². The summed E-state index contributed by atoms with van der Waals surface area (Å²) in [6.45, 7) is 1.80. The molecule has 0 fully saturated rings. The maximum Gasteiger partial charge on any atom is 0.278 e. The molecule has 0 saturated carbocycles. The molecule has 2 aromatic carbocycles. The Morgan fingerprint density at radius 1 is 1.18 bits per heavy atom. The van der Waals surface area contributed by atoms with Crippen molar-refractivity contribution in [2.75, 3.05) is 12.4 Å². The summed E-state index contributed by atoms with van der Waals surface area (Å²) < 4.78 is 32.4. The van der Waals surface area contributed by atoms with E-state index in [2.05, 4.69) is 5.32 Å². The first-order valence-corrected chi connectivity index (χ1v) is 6.70. The number of nitriles is 1. The smallest absolute Gasteiger partial charge is 0.278 e. The van der Waals surface area contributed by atoms with Crippen molar-refractivity contribution in [1.82, 2.24) is 0 Å². The highest BCUT2D eigenvalue weighted by molar-refractivity contribution is 5.53. The monoisotopic (exact) mass is 302 g/mol. The molecule has 1 N–H and O–H groups in total. The molecule has 5 heteroatoms. The lowest BCUT2D eigenvalue weighted by Crippen LogP contribution is -2.41. The number of alkyl halides is 2. The molecule has 0 saturated heterocycles. The van der Waals surface area contributed by atoms with Crippen LogP contribution in [-0.4, -0.2) is 13.5 Å². The van der Waals surface area contributed by atoms with Crippen LogP contribution < -0.4 is 10.1 Å². The van der Waals surface area contributed by atoms with E-state index in [-0.39, 0.29) is 5.56 Å². The number of nitrogens with one attached hydrogen (secondary N) is 1. The minimum Gasteiger partial charge on any atom is -0.497 e. The molecule has 2 rings (SSSR count). The number of halogens is 2. The van der Waals surface area contributed by atoms with Crippen molar-refractivity contribution in [2.45, 2.75) is 18.9 Å². The topological polar surface area (TPSA) is 45.0 Å². The van der Waals surface area contributed by atoms with Crippen LogP contribution >= 0.6 is 0 Å². The van der Waals surface area contributed by atoms with Gasteiger partial charge in [-0.15, -0.1) is 0 Å². The standard InChI is InChI=1S/C17H16F2N2O/c1-12-4-3-5-13(10-12)17(11-20,16(18)19)21-14-6-8-15(22-2)9-7-14/h3-10,16,21H,1-2H3. The molecule has 1 unspecified atom stereocenters. The van der Waals surface area contributed by atoms with Crippen LogP contribution in [0.4, 0.5) is 14.5 Å². The van der Waals surface area contributed by atoms with Gasteiger partial charge in [0.25, 0.3) is 6.43 Å². The van der Waals surface area contributed by atoms with Crippen LogP contribution in [0.25, 0.3) is 0 Å². The molecule has 0 aliphatic carbocycles. The number of anilines is 1. The fraction of sp³-hybridized carbons (Fsp3) is 0.235. The number of nitrogens with zero attached hydrogens (tertiary/aromatic N) is 1. The third-order valence-electron chi connectivity index (χ3n) is 3.41. The number of hydrogen-bond donors (Lipinski definition) is 1. The second-order valence-electron chi connectivity index (χ2n) is 4.94. The van der Waals surface area contributed by atoms with Gasteiger partial charge in [-0.1, -0.05) is 29.8 Å². The predicted molar refractivity (Wildman–Crippen MR) is 81.1 cm³/mol. The van der Waals surface area contributed by atoms with Crippen LogP contribution in [-0.2, 0) is 5.54 Å². The van der Waals surface area contributed by atoms with Crippen molar-refractivity contribution in [1.29, 1.82) is 5.26 Å². The van der Waals surface area contributed by atoms with E-state index in [0.29, 0.717) is 11.4 Å². The normalized spacial score (nSPS) is 13.3. The quantitative estimate of drug-likeness (QED) is 0.904. The van der Waals surface area contributed by atoms with Gasteiger partial charge in [-0.05, 0) is 36.8 Å². The van der Waals surface area contributed by atoms with Gasteiger partial charge in [0, 0.05) is 5.69 Å². The number of rotatable bonds is 5. The molecule has 0 aromatic heterocycles. The minimum absolute atomic E-state index is 0.237. The first-order chi connectivity index (χ1) is 10.5. The van der Waals surface area contributed by atoms with Crippen molar-refractivity contribution < 1.29 is 13.5 Å². The van der Waals surface area contributed by atoms with Gasteiger partial charge < -0.3 is 10.1 Å². The Balaban J connectivity index is 2.43. The largest absolute Gasteiger partial charge is 0.497 e. The van der Waals surface area contributed by atoms with Crippen molar-refractivity contribution in [3.05, 3.63) is 59.7 Å². The van der Waals surface area contributed by atoms with E-state index in [1.165, 1.54) is 13.2 Å². The second kappa shape index (κ2) is 6.44. The van der Waals surface area contributed by atoms with Gasteiger partial charge in [0.1, 0.15) is 11.8 Å². The minimum atomic E-state index is -2.89. The van der Waals surface area contributed by atoms with E-state index < -0.39 is 12.0 Å².